The highest BCUT2D eigenvalue weighted by atomic mass is 79.9. The molecular weight excluding hydrogens is 306 g/mol. The second-order valence-electron chi connectivity index (χ2n) is 5.27. The van der Waals surface area contributed by atoms with Crippen molar-refractivity contribution in [3.05, 3.63) is 28.2 Å². The highest BCUT2D eigenvalue weighted by Gasteiger charge is 2.37. The van der Waals surface area contributed by atoms with Crippen LogP contribution >= 0.6 is 15.9 Å². The molecule has 0 aromatic heterocycles. The molecule has 0 aliphatic carbocycles. The minimum atomic E-state index is -0.0722. The van der Waals surface area contributed by atoms with Gasteiger partial charge in [0, 0.05) is 17.1 Å². The van der Waals surface area contributed by atoms with Gasteiger partial charge in [0.1, 0.15) is 5.75 Å². The van der Waals surface area contributed by atoms with E-state index in [1.165, 1.54) is 5.56 Å². The normalized spacial score (nSPS) is 24.4. The van der Waals surface area contributed by atoms with Gasteiger partial charge in [-0.2, -0.15) is 0 Å². The molecule has 1 fully saturated rings. The lowest BCUT2D eigenvalue weighted by molar-refractivity contribution is -0.00948. The van der Waals surface area contributed by atoms with Crippen LogP contribution in [0, 0.1) is 0 Å². The Morgan fingerprint density at radius 2 is 2.32 bits per heavy atom. The summed E-state index contributed by atoms with van der Waals surface area (Å²) in [6.45, 7) is 3.07. The van der Waals surface area contributed by atoms with Crippen LogP contribution in [0.2, 0.25) is 0 Å². The zero-order chi connectivity index (χ0) is 13.9. The average Bonchev–Trinajstić information content (AvgIpc) is 2.85. The van der Waals surface area contributed by atoms with Crippen molar-refractivity contribution in [1.29, 1.82) is 0 Å². The molecule has 0 bridgehead atoms. The lowest BCUT2D eigenvalue weighted by Gasteiger charge is -2.33. The monoisotopic (exact) mass is 327 g/mol. The Balaban J connectivity index is 2.18. The third-order valence-electron chi connectivity index (χ3n) is 4.01. The fourth-order valence-corrected chi connectivity index (χ4v) is 3.16. The van der Waals surface area contributed by atoms with Crippen molar-refractivity contribution in [2.24, 2.45) is 0 Å². The van der Waals surface area contributed by atoms with Gasteiger partial charge in [-0.3, -0.25) is 0 Å². The first-order valence-corrected chi connectivity index (χ1v) is 7.52. The molecule has 1 saturated heterocycles. The van der Waals surface area contributed by atoms with Crippen LogP contribution in [0.3, 0.4) is 0 Å². The summed E-state index contributed by atoms with van der Waals surface area (Å²) in [6, 6.07) is 6.40. The summed E-state index contributed by atoms with van der Waals surface area (Å²) in [4.78, 5) is 0. The van der Waals surface area contributed by atoms with Crippen molar-refractivity contribution >= 4 is 15.9 Å². The van der Waals surface area contributed by atoms with E-state index >= 15 is 0 Å². The van der Waals surface area contributed by atoms with Crippen LogP contribution in [0.15, 0.2) is 22.7 Å². The zero-order valence-electron chi connectivity index (χ0n) is 11.8. The number of benzene rings is 1. The number of hydrogen-bond donors (Lipinski definition) is 1. The quantitative estimate of drug-likeness (QED) is 0.901. The molecule has 19 heavy (non-hydrogen) atoms. The average molecular weight is 328 g/mol. The predicted molar refractivity (Wildman–Crippen MR) is 80.8 cm³/mol. The number of halogens is 1. The SMILES string of the molecule is CNC(Cc1cc(OC)ccc1Br)C1(C)CCCO1. The van der Waals surface area contributed by atoms with E-state index in [0.29, 0.717) is 6.04 Å². The van der Waals surface area contributed by atoms with Crippen LogP contribution in [0.25, 0.3) is 0 Å². The molecule has 2 rings (SSSR count). The fraction of sp³-hybridized carbons (Fsp3) is 0.600. The molecule has 2 atom stereocenters. The first kappa shape index (κ1) is 14.8. The molecule has 1 aromatic carbocycles. The van der Waals surface area contributed by atoms with Crippen LogP contribution in [0.1, 0.15) is 25.3 Å². The summed E-state index contributed by atoms with van der Waals surface area (Å²) in [7, 11) is 3.70. The largest absolute Gasteiger partial charge is 0.497 e. The topological polar surface area (TPSA) is 30.5 Å². The lowest BCUT2D eigenvalue weighted by Crippen LogP contribution is -2.48. The zero-order valence-corrected chi connectivity index (χ0v) is 13.4. The van der Waals surface area contributed by atoms with Crippen molar-refractivity contribution in [1.82, 2.24) is 5.32 Å². The molecular formula is C15H22BrNO2. The molecule has 2 unspecified atom stereocenters. The van der Waals surface area contributed by atoms with E-state index in [1.807, 2.05) is 19.2 Å². The first-order chi connectivity index (χ1) is 9.09. The van der Waals surface area contributed by atoms with Crippen LogP contribution < -0.4 is 10.1 Å². The predicted octanol–water partition coefficient (Wildman–Crippen LogP) is 3.16. The fourth-order valence-electron chi connectivity index (χ4n) is 2.75. The summed E-state index contributed by atoms with van der Waals surface area (Å²) in [5.74, 6) is 0.894. The van der Waals surface area contributed by atoms with E-state index in [4.69, 9.17) is 9.47 Å². The van der Waals surface area contributed by atoms with Crippen LogP contribution in [0.5, 0.6) is 5.75 Å². The Labute approximate surface area is 123 Å². The van der Waals surface area contributed by atoms with Crippen molar-refractivity contribution in [3.63, 3.8) is 0 Å². The summed E-state index contributed by atoms with van der Waals surface area (Å²) in [5.41, 5.74) is 1.17. The maximum absolute atomic E-state index is 5.95. The number of methoxy groups -OCH3 is 1. The molecule has 106 valence electrons. The molecule has 4 heteroatoms. The van der Waals surface area contributed by atoms with Crippen molar-refractivity contribution in [2.45, 2.75) is 37.8 Å². The van der Waals surface area contributed by atoms with Gasteiger partial charge in [0.05, 0.1) is 12.7 Å². The van der Waals surface area contributed by atoms with Crippen molar-refractivity contribution in [2.75, 3.05) is 20.8 Å². The lowest BCUT2D eigenvalue weighted by atomic mass is 9.88. The Kier molecular flexibility index (Phi) is 4.87. The molecule has 0 radical (unpaired) electrons. The summed E-state index contributed by atoms with van der Waals surface area (Å²) < 4.78 is 12.4. The standard InChI is InChI=1S/C15H22BrNO2/c1-15(7-4-8-19-15)14(17-2)10-11-9-12(18-3)5-6-13(11)16/h5-6,9,14,17H,4,7-8,10H2,1-3H3. The molecule has 1 heterocycles. The number of hydrogen-bond acceptors (Lipinski definition) is 3. The minimum Gasteiger partial charge on any atom is -0.497 e. The summed E-state index contributed by atoms with van der Waals surface area (Å²) >= 11 is 3.62. The second kappa shape index (κ2) is 6.25. The Morgan fingerprint density at radius 1 is 1.53 bits per heavy atom. The Hall–Kier alpha value is -0.580. The van der Waals surface area contributed by atoms with Gasteiger partial charge in [0.15, 0.2) is 0 Å². The van der Waals surface area contributed by atoms with E-state index in [2.05, 4.69) is 34.2 Å². The number of ether oxygens (including phenoxy) is 2. The number of rotatable bonds is 5. The first-order valence-electron chi connectivity index (χ1n) is 6.72. The molecule has 1 N–H and O–H groups in total. The van der Waals surface area contributed by atoms with Gasteiger partial charge in [-0.25, -0.2) is 0 Å². The van der Waals surface area contributed by atoms with E-state index in [9.17, 15) is 0 Å². The Bertz CT molecular complexity index is 430. The Morgan fingerprint density at radius 3 is 2.89 bits per heavy atom. The third kappa shape index (κ3) is 3.30. The van der Waals surface area contributed by atoms with Gasteiger partial charge in [0.2, 0.25) is 0 Å². The van der Waals surface area contributed by atoms with Gasteiger partial charge < -0.3 is 14.8 Å². The van der Waals surface area contributed by atoms with Gasteiger partial charge in [-0.05, 0) is 57.0 Å². The molecule has 3 nitrogen and oxygen atoms in total. The molecule has 1 aromatic rings. The van der Waals surface area contributed by atoms with Gasteiger partial charge in [-0.15, -0.1) is 0 Å². The van der Waals surface area contributed by atoms with Crippen LogP contribution in [0.4, 0.5) is 0 Å². The highest BCUT2D eigenvalue weighted by molar-refractivity contribution is 9.10. The molecule has 0 saturated carbocycles. The van der Waals surface area contributed by atoms with Gasteiger partial charge >= 0.3 is 0 Å². The summed E-state index contributed by atoms with van der Waals surface area (Å²) in [5, 5.41) is 3.41. The minimum absolute atomic E-state index is 0.0722. The van der Waals surface area contributed by atoms with E-state index in [0.717, 1.165) is 36.1 Å². The van der Waals surface area contributed by atoms with Gasteiger partial charge in [-0.1, -0.05) is 15.9 Å². The molecule has 1 aliphatic rings. The maximum Gasteiger partial charge on any atom is 0.119 e. The molecule has 0 spiro atoms. The second-order valence-corrected chi connectivity index (χ2v) is 6.12. The molecule has 0 amide bonds. The van der Waals surface area contributed by atoms with Crippen LogP contribution in [-0.4, -0.2) is 32.4 Å². The van der Waals surface area contributed by atoms with E-state index in [1.54, 1.807) is 7.11 Å². The maximum atomic E-state index is 5.95. The molecule has 1 aliphatic heterocycles. The smallest absolute Gasteiger partial charge is 0.119 e. The van der Waals surface area contributed by atoms with Crippen molar-refractivity contribution < 1.29 is 9.47 Å². The van der Waals surface area contributed by atoms with Crippen LogP contribution in [-0.2, 0) is 11.2 Å². The van der Waals surface area contributed by atoms with E-state index in [-0.39, 0.29) is 5.60 Å². The highest BCUT2D eigenvalue weighted by Crippen LogP contribution is 2.32. The number of likely N-dealkylation sites (N-methyl/N-ethyl adjacent to an activating group) is 1. The summed E-state index contributed by atoms with van der Waals surface area (Å²) in [6.07, 6.45) is 3.18. The van der Waals surface area contributed by atoms with E-state index < -0.39 is 0 Å². The van der Waals surface area contributed by atoms with Gasteiger partial charge in [0.25, 0.3) is 0 Å². The van der Waals surface area contributed by atoms with Crippen molar-refractivity contribution in [3.8, 4) is 5.75 Å². The number of nitrogens with one attached hydrogen (secondary N) is 1. The third-order valence-corrected chi connectivity index (χ3v) is 4.79.